The molecule has 3 rings (SSSR count). The van der Waals surface area contributed by atoms with Crippen LogP contribution in [0.1, 0.15) is 40.9 Å². The van der Waals surface area contributed by atoms with Gasteiger partial charge in [-0.1, -0.05) is 23.9 Å². The van der Waals surface area contributed by atoms with E-state index in [2.05, 4.69) is 10.2 Å². The maximum atomic E-state index is 12.8. The average Bonchev–Trinajstić information content (AvgIpc) is 3.37. The van der Waals surface area contributed by atoms with Gasteiger partial charge in [0.15, 0.2) is 17.1 Å². The number of thiophene rings is 1. The number of Topliss-reactive ketones (excluding diaryl/α,β-unsaturated/α-hetero) is 1. The lowest BCUT2D eigenvalue weighted by Gasteiger charge is -2.15. The zero-order valence-electron chi connectivity index (χ0n) is 17.8. The smallest absolute Gasteiger partial charge is 0.317 e. The number of nitrogens with zero attached hydrogens (tertiary/aromatic N) is 3. The van der Waals surface area contributed by atoms with Crippen molar-refractivity contribution in [2.75, 3.05) is 5.75 Å². The first-order valence-electron chi connectivity index (χ1n) is 9.73. The summed E-state index contributed by atoms with van der Waals surface area (Å²) in [6.45, 7) is 10.2. The molecule has 0 aliphatic rings. The number of hydrogen-bond donors (Lipinski definition) is 0. The minimum absolute atomic E-state index is 0.0616. The van der Waals surface area contributed by atoms with E-state index >= 15 is 0 Å². The Kier molecular flexibility index (Phi) is 7.10. The van der Waals surface area contributed by atoms with E-state index in [1.807, 2.05) is 61.9 Å². The molecule has 0 aliphatic heterocycles. The molecule has 0 aliphatic carbocycles. The van der Waals surface area contributed by atoms with Crippen LogP contribution < -0.4 is 0 Å². The maximum absolute atomic E-state index is 12.8. The molecule has 0 saturated carbocycles. The maximum Gasteiger partial charge on any atom is 0.317 e. The fourth-order valence-electron chi connectivity index (χ4n) is 3.12. The zero-order chi connectivity index (χ0) is 21.8. The molecule has 1 atom stereocenters. The van der Waals surface area contributed by atoms with E-state index in [1.54, 1.807) is 18.3 Å². The molecule has 0 fully saturated rings. The second kappa shape index (κ2) is 9.57. The molecule has 30 heavy (non-hydrogen) atoms. The third kappa shape index (κ3) is 4.82. The van der Waals surface area contributed by atoms with Gasteiger partial charge in [0.1, 0.15) is 0 Å². The van der Waals surface area contributed by atoms with E-state index in [4.69, 9.17) is 4.74 Å². The topological polar surface area (TPSA) is 74.1 Å². The summed E-state index contributed by atoms with van der Waals surface area (Å²) in [5.41, 5.74) is 3.65. The normalized spacial score (nSPS) is 12.0. The number of carbonyl (C=O) groups excluding carboxylic acids is 2. The second-order valence-electron chi connectivity index (χ2n) is 7.06. The third-order valence-corrected chi connectivity index (χ3v) is 6.68. The predicted octanol–water partition coefficient (Wildman–Crippen LogP) is 4.86. The Hall–Kier alpha value is -2.45. The van der Waals surface area contributed by atoms with Gasteiger partial charge in [0, 0.05) is 12.1 Å². The van der Waals surface area contributed by atoms with Crippen molar-refractivity contribution in [3.63, 3.8) is 0 Å². The lowest BCUT2D eigenvalue weighted by molar-refractivity contribution is -0.143. The van der Waals surface area contributed by atoms with Gasteiger partial charge in [0.05, 0.1) is 10.6 Å². The van der Waals surface area contributed by atoms with Crippen molar-refractivity contribution in [2.24, 2.45) is 0 Å². The highest BCUT2D eigenvalue weighted by molar-refractivity contribution is 7.99. The minimum atomic E-state index is -0.843. The summed E-state index contributed by atoms with van der Waals surface area (Å²) < 4.78 is 7.37. The van der Waals surface area contributed by atoms with Crippen LogP contribution in [0.25, 0.3) is 10.7 Å². The Morgan fingerprint density at radius 3 is 2.57 bits per heavy atom. The molecular weight excluding hydrogens is 418 g/mol. The second-order valence-corrected chi connectivity index (χ2v) is 8.95. The van der Waals surface area contributed by atoms with Crippen LogP contribution in [0.2, 0.25) is 0 Å². The Labute approximate surface area is 184 Å². The lowest BCUT2D eigenvalue weighted by atomic mass is 9.96. The highest BCUT2D eigenvalue weighted by Gasteiger charge is 2.22. The van der Waals surface area contributed by atoms with Crippen LogP contribution >= 0.6 is 23.1 Å². The van der Waals surface area contributed by atoms with Crippen LogP contribution in [0, 0.1) is 20.8 Å². The monoisotopic (exact) mass is 443 g/mol. The number of aryl methyl sites for hydroxylation is 3. The van der Waals surface area contributed by atoms with Crippen molar-refractivity contribution >= 4 is 34.9 Å². The van der Waals surface area contributed by atoms with Gasteiger partial charge < -0.3 is 9.30 Å². The molecular formula is C22H25N3O3S2. The van der Waals surface area contributed by atoms with Crippen LogP contribution in [0.5, 0.6) is 0 Å². The van der Waals surface area contributed by atoms with E-state index in [9.17, 15) is 9.59 Å². The number of aromatic nitrogens is 3. The van der Waals surface area contributed by atoms with Crippen molar-refractivity contribution < 1.29 is 14.3 Å². The Balaban J connectivity index is 1.62. The van der Waals surface area contributed by atoms with Crippen molar-refractivity contribution in [1.82, 2.24) is 14.8 Å². The van der Waals surface area contributed by atoms with E-state index in [0.29, 0.717) is 17.3 Å². The Bertz CT molecular complexity index is 1060. The molecule has 0 N–H and O–H groups in total. The van der Waals surface area contributed by atoms with Crippen LogP contribution in [-0.2, 0) is 16.1 Å². The van der Waals surface area contributed by atoms with Crippen molar-refractivity contribution in [3.8, 4) is 10.7 Å². The SMILES string of the molecule is CCn1c(SCC(=O)OC(C)C(=O)c2cc(C)c(C)cc2C)nnc1-c1cccs1. The van der Waals surface area contributed by atoms with Gasteiger partial charge in [-0.05, 0) is 68.8 Å². The molecule has 8 heteroatoms. The van der Waals surface area contributed by atoms with Crippen molar-refractivity contribution in [2.45, 2.75) is 52.4 Å². The largest absolute Gasteiger partial charge is 0.454 e. The average molecular weight is 444 g/mol. The highest BCUT2D eigenvalue weighted by Crippen LogP contribution is 2.27. The predicted molar refractivity (Wildman–Crippen MR) is 120 cm³/mol. The number of thioether (sulfide) groups is 1. The first kappa shape index (κ1) is 22.2. The summed E-state index contributed by atoms with van der Waals surface area (Å²) >= 11 is 2.86. The first-order chi connectivity index (χ1) is 14.3. The number of rotatable bonds is 8. The molecule has 3 aromatic rings. The summed E-state index contributed by atoms with van der Waals surface area (Å²) in [5.74, 6) is 0.208. The van der Waals surface area contributed by atoms with E-state index in [1.165, 1.54) is 11.8 Å². The van der Waals surface area contributed by atoms with E-state index in [0.717, 1.165) is 27.4 Å². The fraction of sp³-hybridized carbons (Fsp3) is 0.364. The number of ketones is 1. The van der Waals surface area contributed by atoms with E-state index < -0.39 is 12.1 Å². The molecule has 0 saturated heterocycles. The molecule has 1 unspecified atom stereocenters. The standard InChI is InChI=1S/C22H25N3O3S2/c1-6-25-21(18-8-7-9-29-18)23-24-22(25)30-12-19(26)28-16(5)20(27)17-11-14(3)13(2)10-15(17)4/h7-11,16H,6,12H2,1-5H3. The number of carbonyl (C=O) groups is 2. The summed E-state index contributed by atoms with van der Waals surface area (Å²) in [6, 6.07) is 7.80. The molecule has 0 amide bonds. The summed E-state index contributed by atoms with van der Waals surface area (Å²) in [7, 11) is 0. The van der Waals surface area contributed by atoms with Gasteiger partial charge in [-0.2, -0.15) is 0 Å². The summed E-state index contributed by atoms with van der Waals surface area (Å²) in [6.07, 6.45) is -0.843. The molecule has 0 radical (unpaired) electrons. The third-order valence-electron chi connectivity index (χ3n) is 4.88. The van der Waals surface area contributed by atoms with Crippen LogP contribution in [-0.4, -0.2) is 38.4 Å². The molecule has 1 aromatic carbocycles. The zero-order valence-corrected chi connectivity index (χ0v) is 19.4. The number of esters is 1. The Morgan fingerprint density at radius 1 is 1.17 bits per heavy atom. The number of ether oxygens (including phenoxy) is 1. The quantitative estimate of drug-likeness (QED) is 0.281. The lowest BCUT2D eigenvalue weighted by Crippen LogP contribution is -2.26. The first-order valence-corrected chi connectivity index (χ1v) is 11.6. The van der Waals surface area contributed by atoms with Crippen LogP contribution in [0.3, 0.4) is 0 Å². The number of benzene rings is 1. The van der Waals surface area contributed by atoms with Gasteiger partial charge >= 0.3 is 5.97 Å². The van der Waals surface area contributed by atoms with Gasteiger partial charge in [-0.3, -0.25) is 9.59 Å². The van der Waals surface area contributed by atoms with Crippen LogP contribution in [0.15, 0.2) is 34.8 Å². The number of hydrogen-bond acceptors (Lipinski definition) is 7. The van der Waals surface area contributed by atoms with Crippen molar-refractivity contribution in [1.29, 1.82) is 0 Å². The summed E-state index contributed by atoms with van der Waals surface area (Å²) in [4.78, 5) is 26.1. The molecule has 6 nitrogen and oxygen atoms in total. The molecule has 2 aromatic heterocycles. The van der Waals surface area contributed by atoms with Gasteiger partial charge in [0.25, 0.3) is 0 Å². The fourth-order valence-corrected chi connectivity index (χ4v) is 4.62. The highest BCUT2D eigenvalue weighted by atomic mass is 32.2. The Morgan fingerprint density at radius 2 is 1.90 bits per heavy atom. The molecule has 0 spiro atoms. The van der Waals surface area contributed by atoms with Crippen molar-refractivity contribution in [3.05, 3.63) is 51.9 Å². The molecule has 0 bridgehead atoms. The molecule has 158 valence electrons. The minimum Gasteiger partial charge on any atom is -0.454 e. The van der Waals surface area contributed by atoms with Crippen LogP contribution in [0.4, 0.5) is 0 Å². The van der Waals surface area contributed by atoms with E-state index in [-0.39, 0.29) is 11.5 Å². The van der Waals surface area contributed by atoms with Gasteiger partial charge in [0.2, 0.25) is 5.78 Å². The molecule has 2 heterocycles. The van der Waals surface area contributed by atoms with Gasteiger partial charge in [-0.15, -0.1) is 21.5 Å². The van der Waals surface area contributed by atoms with Gasteiger partial charge in [-0.25, -0.2) is 0 Å². The summed E-state index contributed by atoms with van der Waals surface area (Å²) in [5, 5.41) is 11.1.